The number of imidazole rings is 1. The van der Waals surface area contributed by atoms with Crippen molar-refractivity contribution < 1.29 is 14.6 Å². The summed E-state index contributed by atoms with van der Waals surface area (Å²) in [7, 11) is 3.30. The normalized spacial score (nSPS) is 11.0. The van der Waals surface area contributed by atoms with Gasteiger partial charge in [0.05, 0.1) is 32.2 Å². The fraction of sp³-hybridized carbons (Fsp3) is 0.150. The average molecular weight is 368 g/mol. The largest absolute Gasteiger partial charge is 0.497 e. The highest BCUT2D eigenvalue weighted by Gasteiger charge is 2.14. The lowest BCUT2D eigenvalue weighted by atomic mass is 10.0. The number of rotatable bonds is 7. The number of hydrogen-bond donors (Lipinski definition) is 2. The van der Waals surface area contributed by atoms with E-state index in [4.69, 9.17) is 19.6 Å². The van der Waals surface area contributed by atoms with Crippen molar-refractivity contribution in [1.29, 1.82) is 0 Å². The number of H-pyrrole nitrogens is 1. The smallest absolute Gasteiger partial charge is 0.170 e. The molecule has 3 rings (SSSR count). The lowest BCUT2D eigenvalue weighted by molar-refractivity contribution is 0.343. The molecule has 5 nitrogen and oxygen atoms in total. The van der Waals surface area contributed by atoms with Gasteiger partial charge in [-0.05, 0) is 53.9 Å². The average Bonchev–Trinajstić information content (AvgIpc) is 3.12. The maximum absolute atomic E-state index is 8.90. The topological polar surface area (TPSA) is 67.4 Å². The summed E-state index contributed by atoms with van der Waals surface area (Å²) in [5.41, 5.74) is 3.79. The number of methoxy groups -OCH3 is 2. The Morgan fingerprint density at radius 1 is 0.962 bits per heavy atom. The van der Waals surface area contributed by atoms with Crippen LogP contribution in [-0.4, -0.2) is 35.9 Å². The first-order valence-corrected chi connectivity index (χ1v) is 8.94. The minimum Gasteiger partial charge on any atom is -0.497 e. The molecule has 1 heterocycles. The monoisotopic (exact) mass is 368 g/mol. The standard InChI is InChI=1S/C20H20N2O3S/c1-24-16-8-4-14(5-9-16)18-19(15-6-10-17(25-2)11-7-15)22-20(21-18)26-13-3-12-23/h3-11,13,23H,12H2,1-2H3,(H,21,22). The van der Waals surface area contributed by atoms with Gasteiger partial charge < -0.3 is 19.6 Å². The number of ether oxygens (including phenoxy) is 2. The first kappa shape index (κ1) is 18.1. The Kier molecular flexibility index (Phi) is 5.99. The van der Waals surface area contributed by atoms with Gasteiger partial charge in [-0.1, -0.05) is 17.8 Å². The van der Waals surface area contributed by atoms with Gasteiger partial charge in [0, 0.05) is 11.1 Å². The minimum absolute atomic E-state index is 0.00435. The molecular weight excluding hydrogens is 348 g/mol. The molecule has 0 spiro atoms. The van der Waals surface area contributed by atoms with Crippen LogP contribution in [0, 0.1) is 0 Å². The molecule has 0 amide bonds. The summed E-state index contributed by atoms with van der Waals surface area (Å²) < 4.78 is 10.5. The molecule has 26 heavy (non-hydrogen) atoms. The van der Waals surface area contributed by atoms with Crippen LogP contribution in [0.2, 0.25) is 0 Å². The van der Waals surface area contributed by atoms with E-state index in [1.807, 2.05) is 53.9 Å². The second-order valence-corrected chi connectivity index (χ2v) is 6.29. The Bertz CT molecular complexity index is 806. The van der Waals surface area contributed by atoms with Crippen molar-refractivity contribution in [2.24, 2.45) is 0 Å². The molecule has 2 aromatic carbocycles. The van der Waals surface area contributed by atoms with E-state index in [1.54, 1.807) is 20.3 Å². The maximum Gasteiger partial charge on any atom is 0.170 e. The quantitative estimate of drug-likeness (QED) is 0.607. The number of nitrogens with one attached hydrogen (secondary N) is 1. The lowest BCUT2D eigenvalue weighted by Gasteiger charge is -2.06. The molecule has 0 saturated carbocycles. The van der Waals surface area contributed by atoms with Crippen LogP contribution >= 0.6 is 11.8 Å². The van der Waals surface area contributed by atoms with Crippen LogP contribution in [0.4, 0.5) is 0 Å². The molecule has 0 saturated heterocycles. The number of aliphatic hydroxyl groups excluding tert-OH is 1. The van der Waals surface area contributed by atoms with Crippen molar-refractivity contribution in [3.05, 3.63) is 60.0 Å². The third kappa shape index (κ3) is 4.09. The molecule has 2 N–H and O–H groups in total. The molecule has 0 bridgehead atoms. The van der Waals surface area contributed by atoms with E-state index in [9.17, 15) is 0 Å². The van der Waals surface area contributed by atoms with Crippen LogP contribution in [0.25, 0.3) is 22.5 Å². The Labute approximate surface area is 156 Å². The first-order valence-electron chi connectivity index (χ1n) is 8.06. The number of thioether (sulfide) groups is 1. The minimum atomic E-state index is 0.00435. The molecule has 0 aliphatic heterocycles. The molecule has 0 aliphatic rings. The second kappa shape index (κ2) is 8.60. The van der Waals surface area contributed by atoms with Gasteiger partial charge in [0.25, 0.3) is 0 Å². The predicted octanol–water partition coefficient (Wildman–Crippen LogP) is 4.36. The molecule has 0 fully saturated rings. The Morgan fingerprint density at radius 2 is 1.54 bits per heavy atom. The molecule has 0 radical (unpaired) electrons. The van der Waals surface area contributed by atoms with Gasteiger partial charge in [-0.2, -0.15) is 0 Å². The second-order valence-electron chi connectivity index (χ2n) is 5.39. The molecule has 0 aliphatic carbocycles. The summed E-state index contributed by atoms with van der Waals surface area (Å²) in [5, 5.41) is 11.5. The van der Waals surface area contributed by atoms with Gasteiger partial charge in [-0.15, -0.1) is 0 Å². The Hall–Kier alpha value is -2.70. The van der Waals surface area contributed by atoms with E-state index in [2.05, 4.69) is 4.98 Å². The van der Waals surface area contributed by atoms with Crippen LogP contribution < -0.4 is 9.47 Å². The summed E-state index contributed by atoms with van der Waals surface area (Å²) in [6.45, 7) is 0.00435. The van der Waals surface area contributed by atoms with Crippen LogP contribution in [0.1, 0.15) is 0 Å². The van der Waals surface area contributed by atoms with Crippen LogP contribution in [0.3, 0.4) is 0 Å². The zero-order valence-electron chi connectivity index (χ0n) is 14.6. The molecule has 6 heteroatoms. The van der Waals surface area contributed by atoms with Crippen LogP contribution in [0.15, 0.2) is 65.2 Å². The molecule has 0 atom stereocenters. The van der Waals surface area contributed by atoms with Gasteiger partial charge >= 0.3 is 0 Å². The summed E-state index contributed by atoms with van der Waals surface area (Å²) in [6.07, 6.45) is 1.67. The summed E-state index contributed by atoms with van der Waals surface area (Å²) >= 11 is 1.43. The number of aromatic nitrogens is 2. The summed E-state index contributed by atoms with van der Waals surface area (Å²) in [5.74, 6) is 1.61. The van der Waals surface area contributed by atoms with Gasteiger partial charge in [-0.3, -0.25) is 0 Å². The third-order valence-corrected chi connectivity index (χ3v) is 4.55. The number of hydrogen-bond acceptors (Lipinski definition) is 5. The zero-order valence-corrected chi connectivity index (χ0v) is 15.4. The highest BCUT2D eigenvalue weighted by Crippen LogP contribution is 2.34. The summed E-state index contributed by atoms with van der Waals surface area (Å²) in [6, 6.07) is 15.6. The maximum atomic E-state index is 8.90. The molecular formula is C20H20N2O3S. The fourth-order valence-corrected chi connectivity index (χ4v) is 3.10. The molecule has 1 aromatic heterocycles. The van der Waals surface area contributed by atoms with Crippen molar-refractivity contribution in [2.75, 3.05) is 20.8 Å². The Balaban J connectivity index is 2.02. The Morgan fingerprint density at radius 3 is 2.08 bits per heavy atom. The lowest BCUT2D eigenvalue weighted by Crippen LogP contribution is -1.87. The highest BCUT2D eigenvalue weighted by atomic mass is 32.2. The molecule has 0 unspecified atom stereocenters. The van der Waals surface area contributed by atoms with E-state index < -0.39 is 0 Å². The van der Waals surface area contributed by atoms with Crippen molar-refractivity contribution >= 4 is 11.8 Å². The predicted molar refractivity (Wildman–Crippen MR) is 105 cm³/mol. The molecule has 134 valence electrons. The fourth-order valence-electron chi connectivity index (χ4n) is 2.49. The van der Waals surface area contributed by atoms with E-state index in [0.29, 0.717) is 0 Å². The number of nitrogens with zero attached hydrogens (tertiary/aromatic N) is 1. The third-order valence-electron chi connectivity index (χ3n) is 3.81. The summed E-state index contributed by atoms with van der Waals surface area (Å²) in [4.78, 5) is 8.10. The van der Waals surface area contributed by atoms with Gasteiger partial charge in [0.1, 0.15) is 11.5 Å². The van der Waals surface area contributed by atoms with Crippen LogP contribution in [0.5, 0.6) is 11.5 Å². The van der Waals surface area contributed by atoms with E-state index in [0.717, 1.165) is 39.2 Å². The van der Waals surface area contributed by atoms with Crippen molar-refractivity contribution in [3.63, 3.8) is 0 Å². The number of aromatic amines is 1. The van der Waals surface area contributed by atoms with Gasteiger partial charge in [0.15, 0.2) is 5.16 Å². The van der Waals surface area contributed by atoms with Gasteiger partial charge in [-0.25, -0.2) is 4.98 Å². The van der Waals surface area contributed by atoms with Crippen molar-refractivity contribution in [1.82, 2.24) is 9.97 Å². The van der Waals surface area contributed by atoms with E-state index >= 15 is 0 Å². The highest BCUT2D eigenvalue weighted by molar-refractivity contribution is 8.02. The van der Waals surface area contributed by atoms with E-state index in [-0.39, 0.29) is 6.61 Å². The number of benzene rings is 2. The zero-order chi connectivity index (χ0) is 18.4. The SMILES string of the molecule is COc1ccc(-c2nc(SC=CCO)[nH]c2-c2ccc(OC)cc2)cc1. The van der Waals surface area contributed by atoms with Gasteiger partial charge in [0.2, 0.25) is 0 Å². The van der Waals surface area contributed by atoms with Crippen LogP contribution in [-0.2, 0) is 0 Å². The van der Waals surface area contributed by atoms with Crippen molar-refractivity contribution in [3.8, 4) is 34.0 Å². The van der Waals surface area contributed by atoms with E-state index in [1.165, 1.54) is 11.8 Å². The molecule has 3 aromatic rings. The van der Waals surface area contributed by atoms with Crippen molar-refractivity contribution in [2.45, 2.75) is 5.16 Å². The first-order chi connectivity index (χ1) is 12.7. The number of aliphatic hydroxyl groups is 1.